The maximum absolute atomic E-state index is 12.8. The minimum absolute atomic E-state index is 0.278. The Morgan fingerprint density at radius 3 is 2.88 bits per heavy atom. The molecule has 2 rings (SSSR count). The Balaban J connectivity index is 2.42. The molecular formula is C11H11FO4S. The van der Waals surface area contributed by atoms with Crippen LogP contribution in [-0.4, -0.2) is 21.6 Å². The number of halogens is 1. The van der Waals surface area contributed by atoms with E-state index in [-0.39, 0.29) is 11.5 Å². The summed E-state index contributed by atoms with van der Waals surface area (Å²) < 4.78 is 44.7. The zero-order chi connectivity index (χ0) is 12.5. The summed E-state index contributed by atoms with van der Waals surface area (Å²) in [6.45, 7) is 2.06. The van der Waals surface area contributed by atoms with Gasteiger partial charge in [-0.15, -0.1) is 3.89 Å². The molecule has 0 saturated heterocycles. The van der Waals surface area contributed by atoms with E-state index < -0.39 is 10.2 Å². The number of hydrogen-bond acceptors (Lipinski definition) is 4. The molecule has 92 valence electrons. The molecule has 0 atom stereocenters. The third-order valence-electron chi connectivity index (χ3n) is 2.29. The second kappa shape index (κ2) is 4.37. The van der Waals surface area contributed by atoms with Crippen LogP contribution in [0.15, 0.2) is 23.1 Å². The third-order valence-corrected chi connectivity index (χ3v) is 3.15. The number of ether oxygens (including phenoxy) is 2. The number of benzene rings is 1. The Kier molecular flexibility index (Phi) is 3.06. The largest absolute Gasteiger partial charge is 0.494 e. The summed E-state index contributed by atoms with van der Waals surface area (Å²) in [5, 5.41) is 0. The zero-order valence-electron chi connectivity index (χ0n) is 9.14. The lowest BCUT2D eigenvalue weighted by atomic mass is 10.1. The predicted molar refractivity (Wildman–Crippen MR) is 61.1 cm³/mol. The van der Waals surface area contributed by atoms with Crippen LogP contribution in [0.5, 0.6) is 11.5 Å². The minimum atomic E-state index is -4.70. The lowest BCUT2D eigenvalue weighted by molar-refractivity contribution is 0.334. The van der Waals surface area contributed by atoms with Crippen molar-refractivity contribution in [1.82, 2.24) is 0 Å². The lowest BCUT2D eigenvalue weighted by Gasteiger charge is -2.16. The quantitative estimate of drug-likeness (QED) is 0.779. The predicted octanol–water partition coefficient (Wildman–Crippen LogP) is 2.12. The normalized spacial score (nSPS) is 14.6. The highest BCUT2D eigenvalue weighted by Crippen LogP contribution is 2.31. The van der Waals surface area contributed by atoms with Crippen LogP contribution in [0.1, 0.15) is 12.5 Å². The summed E-state index contributed by atoms with van der Waals surface area (Å²) in [4.78, 5) is -0.376. The second-order valence-electron chi connectivity index (χ2n) is 3.47. The van der Waals surface area contributed by atoms with Gasteiger partial charge in [0.25, 0.3) is 0 Å². The van der Waals surface area contributed by atoms with Crippen LogP contribution in [0.2, 0.25) is 0 Å². The zero-order valence-corrected chi connectivity index (χ0v) is 9.96. The highest BCUT2D eigenvalue weighted by atomic mass is 32.3. The molecule has 6 heteroatoms. The van der Waals surface area contributed by atoms with Crippen LogP contribution in [0.25, 0.3) is 6.08 Å². The molecule has 0 spiro atoms. The van der Waals surface area contributed by atoms with E-state index in [1.807, 2.05) is 6.92 Å². The number of rotatable bonds is 3. The van der Waals surface area contributed by atoms with Gasteiger partial charge >= 0.3 is 10.2 Å². The van der Waals surface area contributed by atoms with Gasteiger partial charge in [0.05, 0.1) is 6.61 Å². The fourth-order valence-corrected chi connectivity index (χ4v) is 2.00. The summed E-state index contributed by atoms with van der Waals surface area (Å²) in [7, 11) is -4.70. The van der Waals surface area contributed by atoms with Crippen molar-refractivity contribution in [3.8, 4) is 11.5 Å². The van der Waals surface area contributed by atoms with Gasteiger partial charge in [0.1, 0.15) is 23.0 Å². The molecule has 1 aromatic rings. The van der Waals surface area contributed by atoms with E-state index >= 15 is 0 Å². The van der Waals surface area contributed by atoms with Crippen molar-refractivity contribution < 1.29 is 21.8 Å². The fourth-order valence-electron chi connectivity index (χ4n) is 1.53. The summed E-state index contributed by atoms with van der Waals surface area (Å²) in [6, 6.07) is 4.99. The maximum Gasteiger partial charge on any atom is 0.331 e. The average molecular weight is 258 g/mol. The first kappa shape index (κ1) is 11.9. The molecule has 0 fully saturated rings. The number of fused-ring (bicyclic) bond motifs is 1. The molecule has 0 saturated carbocycles. The topological polar surface area (TPSA) is 52.6 Å². The van der Waals surface area contributed by atoms with Crippen molar-refractivity contribution in [3.63, 3.8) is 0 Å². The van der Waals surface area contributed by atoms with Crippen LogP contribution in [-0.2, 0) is 10.2 Å². The molecule has 0 unspecified atom stereocenters. The number of hydrogen-bond donors (Lipinski definition) is 0. The van der Waals surface area contributed by atoms with E-state index in [4.69, 9.17) is 9.47 Å². The molecule has 0 bridgehead atoms. The van der Waals surface area contributed by atoms with E-state index in [0.29, 0.717) is 23.7 Å². The van der Waals surface area contributed by atoms with Gasteiger partial charge in [0.15, 0.2) is 0 Å². The van der Waals surface area contributed by atoms with Crippen molar-refractivity contribution >= 4 is 16.3 Å². The monoisotopic (exact) mass is 258 g/mol. The van der Waals surface area contributed by atoms with Crippen LogP contribution < -0.4 is 9.47 Å². The molecule has 0 radical (unpaired) electrons. The lowest BCUT2D eigenvalue weighted by Crippen LogP contribution is -2.12. The Morgan fingerprint density at radius 1 is 1.47 bits per heavy atom. The molecule has 0 aromatic heterocycles. The fraction of sp³-hybridized carbons (Fsp3) is 0.273. The molecule has 0 amide bonds. The van der Waals surface area contributed by atoms with E-state index in [2.05, 4.69) is 0 Å². The Hall–Kier alpha value is -1.56. The molecule has 1 aliphatic heterocycles. The van der Waals surface area contributed by atoms with Crippen molar-refractivity contribution in [2.45, 2.75) is 6.92 Å². The minimum Gasteiger partial charge on any atom is -0.494 e. The van der Waals surface area contributed by atoms with Gasteiger partial charge in [-0.1, -0.05) is 0 Å². The van der Waals surface area contributed by atoms with Gasteiger partial charge < -0.3 is 9.47 Å². The highest BCUT2D eigenvalue weighted by molar-refractivity contribution is 7.90. The first-order chi connectivity index (χ1) is 8.00. The molecule has 1 aromatic carbocycles. The Labute approximate surface area is 98.9 Å². The Bertz CT molecular complexity index is 563. The van der Waals surface area contributed by atoms with Crippen LogP contribution in [0, 0.1) is 0 Å². The average Bonchev–Trinajstić information content (AvgIpc) is 2.27. The molecule has 0 N–H and O–H groups in total. The van der Waals surface area contributed by atoms with Crippen molar-refractivity contribution in [2.75, 3.05) is 13.2 Å². The van der Waals surface area contributed by atoms with Gasteiger partial charge in [0, 0.05) is 5.56 Å². The van der Waals surface area contributed by atoms with E-state index in [9.17, 15) is 12.3 Å². The SMILES string of the molecule is CCOc1ccc2c(c1)C=C(S(=O)(=O)F)CO2. The summed E-state index contributed by atoms with van der Waals surface area (Å²) in [5.74, 6) is 1.10. The maximum atomic E-state index is 12.8. The van der Waals surface area contributed by atoms with Gasteiger partial charge in [-0.25, -0.2) is 0 Å². The summed E-state index contributed by atoms with van der Waals surface area (Å²) in [5.41, 5.74) is 0.499. The van der Waals surface area contributed by atoms with Crippen LogP contribution >= 0.6 is 0 Å². The second-order valence-corrected chi connectivity index (χ2v) is 4.87. The van der Waals surface area contributed by atoms with Gasteiger partial charge in [0.2, 0.25) is 0 Å². The van der Waals surface area contributed by atoms with Crippen molar-refractivity contribution in [2.24, 2.45) is 0 Å². The summed E-state index contributed by atoms with van der Waals surface area (Å²) in [6.07, 6.45) is 1.26. The standard InChI is InChI=1S/C11H11FO4S/c1-2-15-9-3-4-11-8(5-9)6-10(7-16-11)17(12,13)14/h3-6H,2,7H2,1H3. The van der Waals surface area contributed by atoms with Gasteiger partial charge in [-0.3, -0.25) is 0 Å². The molecule has 1 aliphatic rings. The van der Waals surface area contributed by atoms with Crippen molar-refractivity contribution in [3.05, 3.63) is 28.7 Å². The van der Waals surface area contributed by atoms with Crippen LogP contribution in [0.4, 0.5) is 3.89 Å². The van der Waals surface area contributed by atoms with Crippen LogP contribution in [0.3, 0.4) is 0 Å². The smallest absolute Gasteiger partial charge is 0.331 e. The van der Waals surface area contributed by atoms with Crippen molar-refractivity contribution in [1.29, 1.82) is 0 Å². The van der Waals surface area contributed by atoms with E-state index in [1.54, 1.807) is 18.2 Å². The summed E-state index contributed by atoms with van der Waals surface area (Å²) >= 11 is 0. The molecule has 1 heterocycles. The first-order valence-electron chi connectivity index (χ1n) is 5.05. The van der Waals surface area contributed by atoms with E-state index in [1.165, 1.54) is 6.08 Å². The van der Waals surface area contributed by atoms with Gasteiger partial charge in [-0.05, 0) is 31.2 Å². The highest BCUT2D eigenvalue weighted by Gasteiger charge is 2.22. The first-order valence-corrected chi connectivity index (χ1v) is 6.44. The Morgan fingerprint density at radius 2 is 2.24 bits per heavy atom. The molecule has 17 heavy (non-hydrogen) atoms. The van der Waals surface area contributed by atoms with Gasteiger partial charge in [-0.2, -0.15) is 8.42 Å². The van der Waals surface area contributed by atoms with E-state index in [0.717, 1.165) is 0 Å². The molecular weight excluding hydrogens is 247 g/mol. The molecule has 0 aliphatic carbocycles. The third kappa shape index (κ3) is 2.58. The molecule has 4 nitrogen and oxygen atoms in total.